The first-order chi connectivity index (χ1) is 15.6. The largest absolute Gasteiger partial charge is 0.382 e. The second kappa shape index (κ2) is 7.06. The number of nitrogens with one attached hydrogen (secondary N) is 1. The van der Waals surface area contributed by atoms with Crippen molar-refractivity contribution < 1.29 is 4.79 Å². The summed E-state index contributed by atoms with van der Waals surface area (Å²) in [5.74, 6) is 0.399. The molecule has 32 heavy (non-hydrogen) atoms. The van der Waals surface area contributed by atoms with Crippen LogP contribution < -0.4 is 5.73 Å². The molecule has 0 unspecified atom stereocenters. The van der Waals surface area contributed by atoms with Gasteiger partial charge in [0.05, 0.1) is 17.8 Å². The average molecular weight is 444 g/mol. The van der Waals surface area contributed by atoms with Crippen LogP contribution in [0.3, 0.4) is 0 Å². The Morgan fingerprint density at radius 2 is 2.00 bits per heavy atom. The number of pyridine rings is 1. The van der Waals surface area contributed by atoms with Crippen molar-refractivity contribution in [2.75, 3.05) is 12.3 Å². The average Bonchev–Trinajstić information content (AvgIpc) is 3.52. The van der Waals surface area contributed by atoms with Gasteiger partial charge in [-0.15, -0.1) is 0 Å². The highest BCUT2D eigenvalue weighted by Gasteiger charge is 2.27. The quantitative estimate of drug-likeness (QED) is 0.438. The van der Waals surface area contributed by atoms with Crippen molar-refractivity contribution in [2.45, 2.75) is 13.1 Å². The van der Waals surface area contributed by atoms with Gasteiger partial charge in [-0.3, -0.25) is 14.6 Å². The van der Waals surface area contributed by atoms with E-state index in [4.69, 9.17) is 17.3 Å². The van der Waals surface area contributed by atoms with E-state index in [-0.39, 0.29) is 5.91 Å². The van der Waals surface area contributed by atoms with Crippen LogP contribution in [0.25, 0.3) is 33.1 Å². The topological polar surface area (TPSA) is 106 Å². The number of rotatable bonds is 4. The van der Waals surface area contributed by atoms with E-state index in [1.165, 1.54) is 0 Å². The zero-order chi connectivity index (χ0) is 21.8. The van der Waals surface area contributed by atoms with Crippen molar-refractivity contribution in [1.29, 1.82) is 0 Å². The summed E-state index contributed by atoms with van der Waals surface area (Å²) in [5, 5.41) is 14.2. The summed E-state index contributed by atoms with van der Waals surface area (Å²) in [5.41, 5.74) is 11.2. The first-order valence-electron chi connectivity index (χ1n) is 10.2. The van der Waals surface area contributed by atoms with Gasteiger partial charge in [-0.05, 0) is 35.9 Å². The van der Waals surface area contributed by atoms with Crippen molar-refractivity contribution in [3.05, 3.63) is 71.0 Å². The summed E-state index contributed by atoms with van der Waals surface area (Å²) in [6.07, 6.45) is 3.75. The van der Waals surface area contributed by atoms with Crippen LogP contribution in [0.1, 0.15) is 15.9 Å². The predicted molar refractivity (Wildman–Crippen MR) is 123 cm³/mol. The van der Waals surface area contributed by atoms with Crippen molar-refractivity contribution in [2.24, 2.45) is 0 Å². The number of fused-ring (bicyclic) bond motifs is 4. The minimum Gasteiger partial charge on any atom is -0.382 e. The van der Waals surface area contributed by atoms with E-state index >= 15 is 0 Å². The molecule has 9 heteroatoms. The summed E-state index contributed by atoms with van der Waals surface area (Å²) in [6, 6.07) is 13.3. The number of hydrogen-bond acceptors (Lipinski definition) is 5. The first kappa shape index (κ1) is 18.8. The number of carbonyl (C=O) groups is 1. The molecule has 158 valence electrons. The fourth-order valence-electron chi connectivity index (χ4n) is 4.29. The van der Waals surface area contributed by atoms with Crippen molar-refractivity contribution in [3.8, 4) is 11.3 Å². The smallest absolute Gasteiger partial charge is 0.254 e. The van der Waals surface area contributed by atoms with E-state index in [2.05, 4.69) is 20.3 Å². The Labute approximate surface area is 187 Å². The molecule has 0 radical (unpaired) electrons. The standard InChI is InChI=1S/C23H18ClN7O/c24-15-2-4-16-14(9-15)11-30(23(16)32)7-8-31-12-18-17-3-1-13(19-5-6-26-28-19)10-20(17)27-22(25)21(18)29-31/h1-6,9-10,12H,7-8,11H2,(H2,25,27)(H,26,28). The van der Waals surface area contributed by atoms with E-state index < -0.39 is 0 Å². The lowest BCUT2D eigenvalue weighted by Crippen LogP contribution is -2.27. The van der Waals surface area contributed by atoms with Gasteiger partial charge in [0, 0.05) is 52.4 Å². The van der Waals surface area contributed by atoms with Crippen LogP contribution in [-0.2, 0) is 13.1 Å². The number of halogens is 1. The molecule has 4 heterocycles. The Morgan fingerprint density at radius 3 is 2.84 bits per heavy atom. The van der Waals surface area contributed by atoms with Crippen LogP contribution in [0, 0.1) is 0 Å². The molecule has 3 aromatic heterocycles. The maximum absolute atomic E-state index is 12.7. The molecule has 0 fully saturated rings. The molecule has 0 bridgehead atoms. The molecule has 0 saturated heterocycles. The number of nitrogens with two attached hydrogens (primary N) is 1. The van der Waals surface area contributed by atoms with E-state index in [1.54, 1.807) is 18.3 Å². The van der Waals surface area contributed by atoms with Gasteiger partial charge in [0.25, 0.3) is 5.91 Å². The van der Waals surface area contributed by atoms with Gasteiger partial charge in [-0.2, -0.15) is 10.2 Å². The van der Waals surface area contributed by atoms with E-state index in [9.17, 15) is 4.79 Å². The van der Waals surface area contributed by atoms with Crippen LogP contribution in [0.15, 0.2) is 54.9 Å². The molecule has 1 aliphatic heterocycles. The second-order valence-electron chi connectivity index (χ2n) is 7.87. The van der Waals surface area contributed by atoms with Crippen LogP contribution in [0.4, 0.5) is 5.82 Å². The SMILES string of the molecule is Nc1nc2cc(-c3cc[nH]n3)ccc2c2cn(CCN3Cc4cc(Cl)ccc4C3=O)nc12. The first-order valence-corrected chi connectivity index (χ1v) is 10.6. The molecule has 0 spiro atoms. The second-order valence-corrected chi connectivity index (χ2v) is 8.31. The highest BCUT2D eigenvalue weighted by molar-refractivity contribution is 6.30. The lowest BCUT2D eigenvalue weighted by Gasteiger charge is -2.15. The van der Waals surface area contributed by atoms with Gasteiger partial charge >= 0.3 is 0 Å². The molecule has 0 atom stereocenters. The maximum Gasteiger partial charge on any atom is 0.254 e. The monoisotopic (exact) mass is 443 g/mol. The van der Waals surface area contributed by atoms with Crippen LogP contribution in [0.2, 0.25) is 5.02 Å². The number of H-pyrrole nitrogens is 1. The normalized spacial score (nSPS) is 13.4. The van der Waals surface area contributed by atoms with E-state index in [0.717, 1.165) is 33.1 Å². The van der Waals surface area contributed by atoms with Crippen molar-refractivity contribution in [3.63, 3.8) is 0 Å². The van der Waals surface area contributed by atoms with Crippen molar-refractivity contribution in [1.82, 2.24) is 29.9 Å². The zero-order valence-electron chi connectivity index (χ0n) is 16.9. The number of anilines is 1. The van der Waals surface area contributed by atoms with E-state index in [0.29, 0.717) is 41.6 Å². The van der Waals surface area contributed by atoms with Gasteiger partial charge in [0.2, 0.25) is 0 Å². The Bertz CT molecular complexity index is 1510. The van der Waals surface area contributed by atoms with Crippen molar-refractivity contribution >= 4 is 45.1 Å². The Kier molecular flexibility index (Phi) is 4.16. The molecule has 5 aromatic rings. The van der Waals surface area contributed by atoms with Gasteiger partial charge in [0.15, 0.2) is 5.82 Å². The van der Waals surface area contributed by atoms with Gasteiger partial charge in [-0.25, -0.2) is 4.98 Å². The third kappa shape index (κ3) is 2.99. The fourth-order valence-corrected chi connectivity index (χ4v) is 4.49. The molecule has 1 aliphatic rings. The fraction of sp³-hybridized carbons (Fsp3) is 0.130. The van der Waals surface area contributed by atoms with Gasteiger partial charge < -0.3 is 10.6 Å². The number of aromatic nitrogens is 5. The molecular formula is C23H18ClN7O. The minimum absolute atomic E-state index is 0.0194. The number of amides is 1. The van der Waals surface area contributed by atoms with Crippen LogP contribution in [0.5, 0.6) is 0 Å². The zero-order valence-corrected chi connectivity index (χ0v) is 17.7. The van der Waals surface area contributed by atoms with Gasteiger partial charge in [0.1, 0.15) is 5.52 Å². The molecule has 1 amide bonds. The predicted octanol–water partition coefficient (Wildman–Crippen LogP) is 3.87. The summed E-state index contributed by atoms with van der Waals surface area (Å²) < 4.78 is 1.83. The lowest BCUT2D eigenvalue weighted by atomic mass is 10.1. The summed E-state index contributed by atoms with van der Waals surface area (Å²) in [6.45, 7) is 1.64. The Morgan fingerprint density at radius 1 is 1.09 bits per heavy atom. The molecule has 6 rings (SSSR count). The molecule has 2 aromatic carbocycles. The van der Waals surface area contributed by atoms with Crippen LogP contribution >= 0.6 is 11.6 Å². The molecular weight excluding hydrogens is 426 g/mol. The highest BCUT2D eigenvalue weighted by atomic mass is 35.5. The Balaban J connectivity index is 1.29. The van der Waals surface area contributed by atoms with Gasteiger partial charge in [-0.1, -0.05) is 23.7 Å². The third-order valence-corrected chi connectivity index (χ3v) is 6.11. The molecule has 3 N–H and O–H groups in total. The minimum atomic E-state index is 0.0194. The number of nitrogens with zero attached hydrogens (tertiary/aromatic N) is 5. The third-order valence-electron chi connectivity index (χ3n) is 5.87. The van der Waals surface area contributed by atoms with E-state index in [1.807, 2.05) is 46.1 Å². The summed E-state index contributed by atoms with van der Waals surface area (Å²) in [7, 11) is 0. The number of carbonyl (C=O) groups excluding carboxylic acids is 1. The number of aromatic amines is 1. The number of nitrogen functional groups attached to an aromatic ring is 1. The lowest BCUT2D eigenvalue weighted by molar-refractivity contribution is 0.0771. The summed E-state index contributed by atoms with van der Waals surface area (Å²) in [4.78, 5) is 19.0. The number of hydrogen-bond donors (Lipinski definition) is 2. The summed E-state index contributed by atoms with van der Waals surface area (Å²) >= 11 is 6.07. The molecule has 0 aliphatic carbocycles. The molecule has 8 nitrogen and oxygen atoms in total. The Hall–Kier alpha value is -3.91. The highest BCUT2D eigenvalue weighted by Crippen LogP contribution is 2.30. The van der Waals surface area contributed by atoms with Crippen LogP contribution in [-0.4, -0.2) is 42.3 Å². The maximum atomic E-state index is 12.7. The molecule has 0 saturated carbocycles. The number of benzene rings is 2.